The van der Waals surface area contributed by atoms with Crippen molar-refractivity contribution in [1.29, 1.82) is 0 Å². The molecule has 3 aliphatic rings. The van der Waals surface area contributed by atoms with E-state index in [0.717, 1.165) is 16.7 Å². The van der Waals surface area contributed by atoms with E-state index in [2.05, 4.69) is 25.0 Å². The number of halogens is 1. The number of carbonyl (C=O) groups excluding carboxylic acids is 2. The molecule has 3 aliphatic heterocycles. The molecule has 0 radical (unpaired) electrons. The topological polar surface area (TPSA) is 285 Å². The number of nitrogens with two attached hydrogens (primary N) is 2. The Kier molecular flexibility index (Phi) is 22.4. The van der Waals surface area contributed by atoms with Crippen LogP contribution in [0.2, 0.25) is 0 Å². The molecule has 19 atom stereocenters. The van der Waals surface area contributed by atoms with Crippen LogP contribution in [-0.4, -0.2) is 185 Å². The van der Waals surface area contributed by atoms with Crippen LogP contribution in [0.4, 0.5) is 10.3 Å². The van der Waals surface area contributed by atoms with Gasteiger partial charge in [-0.2, -0.15) is 5.10 Å². The third-order valence-corrected chi connectivity index (χ3v) is 16.8. The van der Waals surface area contributed by atoms with Crippen molar-refractivity contribution in [2.75, 3.05) is 53.9 Å². The number of cyclic esters (lactones) is 1. The van der Waals surface area contributed by atoms with Crippen molar-refractivity contribution in [3.63, 3.8) is 0 Å². The van der Waals surface area contributed by atoms with Crippen molar-refractivity contribution >= 4 is 29.6 Å². The minimum absolute atomic E-state index is 0.0390. The molecule has 76 heavy (non-hydrogen) atoms. The lowest BCUT2D eigenvalue weighted by molar-refractivity contribution is -0.278. The molecule has 0 bridgehead atoms. The number of aliphatic hydroxyl groups excluding tert-OH is 3. The van der Waals surface area contributed by atoms with E-state index in [9.17, 15) is 34.4 Å². The van der Waals surface area contributed by atoms with E-state index in [1.54, 1.807) is 47.0 Å². The van der Waals surface area contributed by atoms with Crippen LogP contribution in [-0.2, 0) is 42.7 Å². The minimum atomic E-state index is -2.13. The Morgan fingerprint density at radius 2 is 1.61 bits per heavy atom. The number of rotatable bonds is 18. The lowest BCUT2D eigenvalue weighted by atomic mass is 9.67. The number of nitrogens with zero attached hydrogens (tertiary/aromatic N) is 5. The summed E-state index contributed by atoms with van der Waals surface area (Å²) in [6.45, 7) is 14.6. The smallest absolute Gasteiger partial charge is 0.309 e. The van der Waals surface area contributed by atoms with Gasteiger partial charge in [-0.15, -0.1) is 0 Å². The number of hydrogen-bond acceptors (Lipinski definition) is 20. The number of hydrogen-bond donors (Lipinski definition) is 6. The lowest BCUT2D eigenvalue weighted by Gasteiger charge is -2.52. The molecule has 1 aromatic carbocycles. The zero-order valence-electron chi connectivity index (χ0n) is 46.9. The molecule has 0 aliphatic carbocycles. The number of esters is 1. The Morgan fingerprint density at radius 3 is 2.17 bits per heavy atom. The molecule has 1 unspecified atom stereocenters. The molecule has 21 heteroatoms. The van der Waals surface area contributed by atoms with Gasteiger partial charge < -0.3 is 70.1 Å². The van der Waals surface area contributed by atoms with Crippen molar-refractivity contribution in [1.82, 2.24) is 14.9 Å². The van der Waals surface area contributed by atoms with Crippen LogP contribution in [0.15, 0.2) is 46.8 Å². The van der Waals surface area contributed by atoms with E-state index in [-0.39, 0.29) is 37.4 Å². The number of ketones is 1. The van der Waals surface area contributed by atoms with E-state index < -0.39 is 126 Å². The number of aliphatic hydroxyl groups is 4. The Bertz CT molecular complexity index is 2230. The Hall–Kier alpha value is -4.13. The molecule has 8 N–H and O–H groups in total. The van der Waals surface area contributed by atoms with Gasteiger partial charge in [-0.1, -0.05) is 52.0 Å². The fourth-order valence-electron chi connectivity index (χ4n) is 11.9. The van der Waals surface area contributed by atoms with E-state index in [4.69, 9.17) is 44.7 Å². The van der Waals surface area contributed by atoms with Gasteiger partial charge in [-0.05, 0) is 78.0 Å². The number of alkyl halides is 1. The molecular weight excluding hydrogens is 986 g/mol. The molecule has 2 aromatic rings. The number of nitrogen functional groups attached to an aromatic ring is 1. The first kappa shape index (κ1) is 62.7. The Balaban J connectivity index is 1.43. The zero-order chi connectivity index (χ0) is 56.4. The molecule has 20 nitrogen and oxygen atoms in total. The highest BCUT2D eigenvalue weighted by Crippen LogP contribution is 2.46. The summed E-state index contributed by atoms with van der Waals surface area (Å²) >= 11 is 0. The fourth-order valence-corrected chi connectivity index (χ4v) is 11.9. The SMILES string of the molecule is CC[C@H]1OC(=O)[C@H](C)[C@@H](C2C[C@@](C)(OC)[C@@H](O)[C@H](C)O2)[C@H](C)[C@@H](O[C@H]2C[C@@H](N(C)CC/C(C=N[C@H](CF)[C@H](OC)c3ccc(-c4cnc(N)nc4)cc3)=N/N)C[C@@H](C)O2)[C@](C)(OC)C[C@@H](C)C(=O)[C@H](CO)[C@@H](O)[C@]1(C)O. The standard InChI is InChI=1S/C55H88FN7O13/c1-14-43-55(9,69)49(67)40(29-64)46(65)30(2)23-54(8,72-13)50(32(4)45(33(5)51(68)75-43)42-24-53(7,71-12)48(66)34(6)74-42)76-44-22-39(21-31(3)73-44)63(10)20-19-38(62-58)28-59-41(25-56)47(70-11)36-17-15-35(16-18-36)37-26-60-52(57)61-27-37/h15-18,26-28,30-34,39-45,47-50,64,66-67,69H,14,19-25,29,58H2,1-13H3,(H2,57,60,61)/b59-28?,62-38-/t30-,31-,32+,33-,34+,39+,40+,41-,42?,43-,44+,45+,47-,48+,49-,50-,53-,54-,55-/m1/s1. The summed E-state index contributed by atoms with van der Waals surface area (Å²) in [5.41, 5.74) is 3.94. The number of aromatic nitrogens is 2. The molecule has 1 aromatic heterocycles. The van der Waals surface area contributed by atoms with Crippen LogP contribution in [0.1, 0.15) is 113 Å². The highest BCUT2D eigenvalue weighted by Gasteiger charge is 2.56. The van der Waals surface area contributed by atoms with Crippen LogP contribution in [0.25, 0.3) is 11.1 Å². The van der Waals surface area contributed by atoms with Crippen LogP contribution in [0.3, 0.4) is 0 Å². The van der Waals surface area contributed by atoms with Crippen molar-refractivity contribution in [3.8, 4) is 11.1 Å². The van der Waals surface area contributed by atoms with Gasteiger partial charge in [0, 0.05) is 89.2 Å². The third kappa shape index (κ3) is 14.4. The molecule has 4 heterocycles. The third-order valence-electron chi connectivity index (χ3n) is 16.8. The van der Waals surface area contributed by atoms with E-state index in [1.165, 1.54) is 34.5 Å². The first-order valence-electron chi connectivity index (χ1n) is 26.6. The summed E-state index contributed by atoms with van der Waals surface area (Å²) in [6, 6.07) is 6.45. The Morgan fingerprint density at radius 1 is 0.961 bits per heavy atom. The molecule has 5 rings (SSSR count). The number of anilines is 1. The molecule has 3 fully saturated rings. The summed E-state index contributed by atoms with van der Waals surface area (Å²) in [4.78, 5) is 43.9. The quantitative estimate of drug-likeness (QED) is 0.0514. The maximum atomic E-state index is 14.7. The molecule has 0 amide bonds. The maximum absolute atomic E-state index is 14.7. The summed E-state index contributed by atoms with van der Waals surface area (Å²) < 4.78 is 59.4. The van der Waals surface area contributed by atoms with Gasteiger partial charge >= 0.3 is 5.97 Å². The molecule has 0 spiro atoms. The van der Waals surface area contributed by atoms with E-state index in [1.807, 2.05) is 52.1 Å². The van der Waals surface area contributed by atoms with E-state index in [0.29, 0.717) is 31.5 Å². The number of Topliss-reactive ketones (excluding diaryl/α,β-unsaturated/α-hetero) is 1. The van der Waals surface area contributed by atoms with Crippen LogP contribution < -0.4 is 11.6 Å². The van der Waals surface area contributed by atoms with Gasteiger partial charge in [0.2, 0.25) is 5.95 Å². The molecule has 3 saturated heterocycles. The molecule has 0 saturated carbocycles. The van der Waals surface area contributed by atoms with E-state index >= 15 is 0 Å². The normalized spacial score (nSPS) is 37.4. The minimum Gasteiger partial charge on any atom is -0.459 e. The number of methoxy groups -OCH3 is 3. The molecule has 428 valence electrons. The van der Waals surface area contributed by atoms with Gasteiger partial charge in [0.25, 0.3) is 0 Å². The average Bonchev–Trinajstić information content (AvgIpc) is 3.41. The summed E-state index contributed by atoms with van der Waals surface area (Å²) in [5.74, 6) is 0.301. The summed E-state index contributed by atoms with van der Waals surface area (Å²) in [5, 5.41) is 49.5. The highest BCUT2D eigenvalue weighted by molar-refractivity contribution is 6.30. The monoisotopic (exact) mass is 1070 g/mol. The molecular formula is C55H88FN7O13. The second kappa shape index (κ2) is 27.2. The number of aliphatic imine (C=N–C) groups is 1. The summed E-state index contributed by atoms with van der Waals surface area (Å²) in [6.07, 6.45) is -1.79. The van der Waals surface area contributed by atoms with Crippen molar-refractivity contribution < 1.29 is 67.6 Å². The summed E-state index contributed by atoms with van der Waals surface area (Å²) in [7, 11) is 6.52. The first-order valence-corrected chi connectivity index (χ1v) is 26.6. The largest absolute Gasteiger partial charge is 0.459 e. The van der Waals surface area contributed by atoms with Crippen LogP contribution in [0, 0.1) is 29.6 Å². The lowest BCUT2D eigenvalue weighted by Crippen LogP contribution is -2.61. The van der Waals surface area contributed by atoms with Gasteiger partial charge in [0.05, 0.1) is 65.9 Å². The van der Waals surface area contributed by atoms with Crippen molar-refractivity contribution in [3.05, 3.63) is 42.2 Å². The number of ether oxygens (including phenoxy) is 7. The van der Waals surface area contributed by atoms with Crippen molar-refractivity contribution in [2.45, 2.75) is 185 Å². The second-order valence-corrected chi connectivity index (χ2v) is 22.1. The maximum Gasteiger partial charge on any atom is 0.309 e. The predicted molar refractivity (Wildman–Crippen MR) is 285 cm³/mol. The number of hydrazone groups is 1. The average molecular weight is 1070 g/mol. The van der Waals surface area contributed by atoms with Gasteiger partial charge in [0.1, 0.15) is 42.4 Å². The number of benzene rings is 1. The van der Waals surface area contributed by atoms with Gasteiger partial charge in [-0.25, -0.2) is 14.4 Å². The highest BCUT2D eigenvalue weighted by atomic mass is 19.1. The van der Waals surface area contributed by atoms with Gasteiger partial charge in [0.15, 0.2) is 6.29 Å². The van der Waals surface area contributed by atoms with Crippen LogP contribution in [0.5, 0.6) is 0 Å². The first-order chi connectivity index (χ1) is 35.9. The van der Waals surface area contributed by atoms with Crippen molar-refractivity contribution in [2.24, 2.45) is 45.5 Å². The zero-order valence-corrected chi connectivity index (χ0v) is 46.9. The van der Waals surface area contributed by atoms with Crippen LogP contribution >= 0.6 is 0 Å². The van der Waals surface area contributed by atoms with Gasteiger partial charge in [-0.3, -0.25) is 14.6 Å². The second-order valence-electron chi connectivity index (χ2n) is 22.1. The fraction of sp³-hybridized carbons (Fsp3) is 0.745. The Labute approximate surface area is 448 Å². The number of carbonyl (C=O) groups is 2. The predicted octanol–water partition coefficient (Wildman–Crippen LogP) is 4.63.